The van der Waals surface area contributed by atoms with Crippen LogP contribution in [0.25, 0.3) is 33.3 Å². The number of rotatable bonds is 5. The average Bonchev–Trinajstić information content (AvgIpc) is 3.07. The van der Waals surface area contributed by atoms with Crippen molar-refractivity contribution in [1.29, 1.82) is 0 Å². The van der Waals surface area contributed by atoms with Crippen LogP contribution in [0.5, 0.6) is 5.75 Å². The predicted molar refractivity (Wildman–Crippen MR) is 175 cm³/mol. The Morgan fingerprint density at radius 2 is 1.35 bits per heavy atom. The first-order valence-corrected chi connectivity index (χ1v) is 15.7. The van der Waals surface area contributed by atoms with E-state index in [4.69, 9.17) is 14.5 Å². The summed E-state index contributed by atoms with van der Waals surface area (Å²) in [5.74, 6) is 0.445. The van der Waals surface area contributed by atoms with Crippen LogP contribution in [0.3, 0.4) is 0 Å². The van der Waals surface area contributed by atoms with Gasteiger partial charge in [0.25, 0.3) is 0 Å². The molecule has 210 valence electrons. The van der Waals surface area contributed by atoms with E-state index in [2.05, 4.69) is 90.7 Å². The number of methoxy groups -OCH3 is 2. The quantitative estimate of drug-likeness (QED) is 0.150. The number of hydrogen-bond donors (Lipinski definition) is 0. The van der Waals surface area contributed by atoms with E-state index in [0.29, 0.717) is 5.56 Å². The summed E-state index contributed by atoms with van der Waals surface area (Å²) in [6.07, 6.45) is 0. The number of anilines is 3. The maximum absolute atomic E-state index is 12.1. The monoisotopic (exact) mass is 628 g/mol. The van der Waals surface area contributed by atoms with Crippen LogP contribution in [-0.4, -0.2) is 40.1 Å². The van der Waals surface area contributed by atoms with Crippen LogP contribution < -0.4 is 18.6 Å². The number of para-hydroxylation sites is 2. The summed E-state index contributed by atoms with van der Waals surface area (Å²) in [5, 5.41) is 1.10. The Morgan fingerprint density at radius 1 is 0.721 bits per heavy atom. The average molecular weight is 628 g/mol. The molecule has 0 radical (unpaired) electrons. The van der Waals surface area contributed by atoms with Crippen molar-refractivity contribution in [3.8, 4) is 28.1 Å². The molecule has 0 atom stereocenters. The second kappa shape index (κ2) is 11.1. The Morgan fingerprint density at radius 3 is 1.98 bits per heavy atom. The molecule has 6 aromatic rings. The molecule has 0 bridgehead atoms. The normalized spacial score (nSPS) is 12.0. The van der Waals surface area contributed by atoms with Crippen molar-refractivity contribution in [2.75, 3.05) is 19.1 Å². The summed E-state index contributed by atoms with van der Waals surface area (Å²) in [4.78, 5) is 19.9. The second-order valence-electron chi connectivity index (χ2n) is 10.4. The van der Waals surface area contributed by atoms with Crippen molar-refractivity contribution in [2.45, 2.75) is 6.92 Å². The summed E-state index contributed by atoms with van der Waals surface area (Å²) in [7, 11) is 3.07. The van der Waals surface area contributed by atoms with E-state index in [1.54, 1.807) is 19.2 Å². The molecular weight excluding hydrogens is 599 g/mol. The topological polar surface area (TPSA) is 51.7 Å². The first-order valence-electron chi connectivity index (χ1n) is 14.0. The summed E-state index contributed by atoms with van der Waals surface area (Å²) >= 11 is 0.207. The number of aromatic nitrogens is 1. The second-order valence-corrected chi connectivity index (χ2v) is 12.6. The fourth-order valence-electron chi connectivity index (χ4n) is 5.68. The zero-order chi connectivity index (χ0) is 29.5. The van der Waals surface area contributed by atoms with Crippen molar-refractivity contribution in [3.63, 3.8) is 0 Å². The van der Waals surface area contributed by atoms with Gasteiger partial charge in [-0.15, -0.1) is 0 Å². The van der Waals surface area contributed by atoms with E-state index in [9.17, 15) is 4.79 Å². The first-order chi connectivity index (χ1) is 21.1. The van der Waals surface area contributed by atoms with Crippen molar-refractivity contribution in [2.24, 2.45) is 0 Å². The van der Waals surface area contributed by atoms with Crippen LogP contribution in [0.1, 0.15) is 15.9 Å². The molecule has 0 N–H and O–H groups in total. The van der Waals surface area contributed by atoms with E-state index in [0.717, 1.165) is 50.3 Å². The van der Waals surface area contributed by atoms with Gasteiger partial charge in [0.2, 0.25) is 0 Å². The number of carbonyl (C=O) groups excluding carboxylic acids is 1. The predicted octanol–water partition coefficient (Wildman–Crippen LogP) is 7.11. The van der Waals surface area contributed by atoms with Crippen molar-refractivity contribution in [3.05, 3.63) is 126 Å². The van der Waals surface area contributed by atoms with Crippen LogP contribution in [0.15, 0.2) is 115 Å². The molecule has 7 rings (SSSR count). The number of aryl methyl sites for hydroxylation is 1. The molecule has 6 heteroatoms. The Balaban J connectivity index is 1.52. The standard InChI is InChI=1S/C37H28N2O3Se/c1-23-12-21-32(39-30-8-4-6-10-33(30)43-34-11-7-5-9-31(34)39)36-35(23)28(24-17-19-27(41-2)20-18-24)22-29(38-36)25-13-15-26(16-14-25)37(40)42-3/h4-22H,1-3H3. The Hall–Kier alpha value is -4.90. The summed E-state index contributed by atoms with van der Waals surface area (Å²) in [6.45, 7) is 2.15. The molecule has 0 aliphatic carbocycles. The number of benzene rings is 5. The van der Waals surface area contributed by atoms with Gasteiger partial charge in [-0.05, 0) is 0 Å². The zero-order valence-corrected chi connectivity index (χ0v) is 25.7. The van der Waals surface area contributed by atoms with E-state index in [-0.39, 0.29) is 20.9 Å². The molecular formula is C37H28N2O3Se. The van der Waals surface area contributed by atoms with E-state index in [1.165, 1.54) is 27.4 Å². The van der Waals surface area contributed by atoms with Crippen LogP contribution in [0.4, 0.5) is 17.1 Å². The maximum atomic E-state index is 12.1. The molecule has 2 heterocycles. The molecule has 0 unspecified atom stereocenters. The van der Waals surface area contributed by atoms with Gasteiger partial charge in [-0.2, -0.15) is 0 Å². The van der Waals surface area contributed by atoms with Gasteiger partial charge in [0, 0.05) is 0 Å². The van der Waals surface area contributed by atoms with Gasteiger partial charge in [-0.1, -0.05) is 0 Å². The molecule has 1 aromatic heterocycles. The SMILES string of the molecule is COC(=O)c1ccc(-c2cc(-c3ccc(OC)cc3)c3c(C)ccc(N4c5ccccc5[Se]c5ccccc54)c3n2)cc1. The van der Waals surface area contributed by atoms with Crippen molar-refractivity contribution in [1.82, 2.24) is 4.98 Å². The number of fused-ring (bicyclic) bond motifs is 3. The molecule has 0 fully saturated rings. The van der Waals surface area contributed by atoms with Gasteiger partial charge in [-0.25, -0.2) is 4.79 Å². The fraction of sp³-hybridized carbons (Fsp3) is 0.0811. The number of nitrogens with zero attached hydrogens (tertiary/aromatic N) is 2. The van der Waals surface area contributed by atoms with Crippen molar-refractivity contribution >= 4 is 57.8 Å². The van der Waals surface area contributed by atoms with Gasteiger partial charge in [0.15, 0.2) is 0 Å². The number of pyridine rings is 1. The third-order valence-electron chi connectivity index (χ3n) is 7.82. The van der Waals surface area contributed by atoms with Gasteiger partial charge in [-0.3, -0.25) is 0 Å². The molecule has 1 aliphatic rings. The number of ether oxygens (including phenoxy) is 2. The number of carbonyl (C=O) groups is 1. The molecule has 0 saturated heterocycles. The molecule has 5 nitrogen and oxygen atoms in total. The van der Waals surface area contributed by atoms with Gasteiger partial charge in [0.1, 0.15) is 0 Å². The Labute approximate surface area is 256 Å². The van der Waals surface area contributed by atoms with Crippen LogP contribution in [0.2, 0.25) is 0 Å². The van der Waals surface area contributed by atoms with E-state index in [1.807, 2.05) is 24.3 Å². The number of hydrogen-bond acceptors (Lipinski definition) is 5. The fourth-order valence-corrected chi connectivity index (χ4v) is 7.90. The van der Waals surface area contributed by atoms with Crippen LogP contribution >= 0.6 is 0 Å². The Bertz CT molecular complexity index is 1960. The number of esters is 1. The van der Waals surface area contributed by atoms with Crippen LogP contribution in [0, 0.1) is 6.92 Å². The summed E-state index contributed by atoms with van der Waals surface area (Å²) < 4.78 is 13.1. The first kappa shape index (κ1) is 27.0. The molecule has 0 saturated carbocycles. The molecule has 43 heavy (non-hydrogen) atoms. The van der Waals surface area contributed by atoms with Crippen LogP contribution in [-0.2, 0) is 4.74 Å². The van der Waals surface area contributed by atoms with E-state index >= 15 is 0 Å². The van der Waals surface area contributed by atoms with Crippen molar-refractivity contribution < 1.29 is 14.3 Å². The molecule has 0 amide bonds. The molecule has 5 aromatic carbocycles. The molecule has 1 aliphatic heterocycles. The Kier molecular flexibility index (Phi) is 6.94. The molecule has 0 spiro atoms. The third-order valence-corrected chi connectivity index (χ3v) is 10.2. The van der Waals surface area contributed by atoms with Gasteiger partial charge in [0.05, 0.1) is 14.2 Å². The minimum absolute atomic E-state index is 0.207. The summed E-state index contributed by atoms with van der Waals surface area (Å²) in [5.41, 5.74) is 9.86. The third kappa shape index (κ3) is 4.75. The summed E-state index contributed by atoms with van der Waals surface area (Å²) in [6, 6.07) is 39.5. The zero-order valence-electron chi connectivity index (χ0n) is 24.0. The van der Waals surface area contributed by atoms with Gasteiger partial charge >= 0.3 is 234 Å². The van der Waals surface area contributed by atoms with E-state index < -0.39 is 0 Å². The minimum atomic E-state index is -0.362. The van der Waals surface area contributed by atoms with Gasteiger partial charge < -0.3 is 4.74 Å².